The van der Waals surface area contributed by atoms with Crippen LogP contribution in [0.3, 0.4) is 0 Å². The largest absolute Gasteiger partial charge is 0.459 e. The van der Waals surface area contributed by atoms with Gasteiger partial charge in [-0.15, -0.1) is 0 Å². The van der Waals surface area contributed by atoms with Crippen molar-refractivity contribution < 1.29 is 19.4 Å². The number of hydrogen-bond donors (Lipinski definition) is 1. The standard InChI is InChI=1S/C23H27Cl2NO4/c24-18-2-1-13(6-19(18)25)12-30-21(28)20-7-17(27)11-26(20)22(29)23-8-14-3-15(9-23)5-16(4-14)10-23/h1-2,6,14-17,20,27H,3-5,7-12H2. The number of esters is 1. The number of hydrogen-bond acceptors (Lipinski definition) is 4. The third kappa shape index (κ3) is 3.63. The fourth-order valence-electron chi connectivity index (χ4n) is 6.82. The SMILES string of the molecule is O=C(OCc1ccc(Cl)c(Cl)c1)C1CC(O)CN1C(=O)C12CC3CC(CC(C3)C1)C2. The zero-order chi connectivity index (χ0) is 21.0. The van der Waals surface area contributed by atoms with Crippen LogP contribution < -0.4 is 0 Å². The summed E-state index contributed by atoms with van der Waals surface area (Å²) in [6.07, 6.45) is 6.13. The number of nitrogens with zero attached hydrogens (tertiary/aromatic N) is 1. The van der Waals surface area contributed by atoms with Crippen molar-refractivity contribution in [2.24, 2.45) is 23.2 Å². The van der Waals surface area contributed by atoms with Gasteiger partial charge in [0.15, 0.2) is 0 Å². The van der Waals surface area contributed by atoms with Gasteiger partial charge in [-0.05, 0) is 74.0 Å². The lowest BCUT2D eigenvalue weighted by Crippen LogP contribution is -2.56. The second-order valence-electron chi connectivity index (χ2n) is 9.92. The Bertz CT molecular complexity index is 837. The minimum Gasteiger partial charge on any atom is -0.459 e. The molecule has 2 atom stereocenters. The number of ether oxygens (including phenoxy) is 1. The molecular weight excluding hydrogens is 425 g/mol. The van der Waals surface area contributed by atoms with Gasteiger partial charge in [0.2, 0.25) is 5.91 Å². The number of halogens is 2. The van der Waals surface area contributed by atoms with E-state index in [4.69, 9.17) is 27.9 Å². The topological polar surface area (TPSA) is 66.8 Å². The molecule has 1 heterocycles. The first-order valence-corrected chi connectivity index (χ1v) is 11.7. The molecular formula is C23H27Cl2NO4. The average Bonchev–Trinajstić information content (AvgIpc) is 3.08. The van der Waals surface area contributed by atoms with Crippen molar-refractivity contribution in [2.45, 2.75) is 63.7 Å². The summed E-state index contributed by atoms with van der Waals surface area (Å²) in [5.41, 5.74) is 0.399. The second kappa shape index (κ2) is 7.68. The van der Waals surface area contributed by atoms with Crippen LogP contribution in [0.15, 0.2) is 18.2 Å². The lowest BCUT2D eigenvalue weighted by molar-refractivity contribution is -0.166. The summed E-state index contributed by atoms with van der Waals surface area (Å²) in [6, 6.07) is 4.36. The molecule has 5 nitrogen and oxygen atoms in total. The van der Waals surface area contributed by atoms with Crippen molar-refractivity contribution in [3.05, 3.63) is 33.8 Å². The molecule has 6 rings (SSSR count). The molecule has 162 valence electrons. The first-order valence-electron chi connectivity index (χ1n) is 10.9. The van der Waals surface area contributed by atoms with E-state index in [-0.39, 0.29) is 30.9 Å². The highest BCUT2D eigenvalue weighted by Crippen LogP contribution is 2.60. The molecule has 4 saturated carbocycles. The van der Waals surface area contributed by atoms with E-state index in [1.807, 2.05) is 0 Å². The van der Waals surface area contributed by atoms with Gasteiger partial charge in [-0.2, -0.15) is 0 Å². The Morgan fingerprint density at radius 1 is 1.03 bits per heavy atom. The average molecular weight is 452 g/mol. The third-order valence-corrected chi connectivity index (χ3v) is 8.41. The van der Waals surface area contributed by atoms with Gasteiger partial charge in [0.25, 0.3) is 0 Å². The molecule has 30 heavy (non-hydrogen) atoms. The summed E-state index contributed by atoms with van der Waals surface area (Å²) in [5.74, 6) is 1.54. The molecule has 5 fully saturated rings. The van der Waals surface area contributed by atoms with Gasteiger partial charge in [0, 0.05) is 13.0 Å². The van der Waals surface area contributed by atoms with Crippen LogP contribution >= 0.6 is 23.2 Å². The zero-order valence-electron chi connectivity index (χ0n) is 16.9. The molecule has 1 aromatic carbocycles. The Hall–Kier alpha value is -1.30. The lowest BCUT2D eigenvalue weighted by atomic mass is 9.49. The number of aliphatic hydroxyl groups is 1. The number of likely N-dealkylation sites (tertiary alicyclic amines) is 1. The maximum absolute atomic E-state index is 13.7. The smallest absolute Gasteiger partial charge is 0.329 e. The summed E-state index contributed by atoms with van der Waals surface area (Å²) in [5, 5.41) is 11.1. The Morgan fingerprint density at radius 3 is 2.27 bits per heavy atom. The minimum atomic E-state index is -0.719. The highest BCUT2D eigenvalue weighted by atomic mass is 35.5. The zero-order valence-corrected chi connectivity index (χ0v) is 18.4. The molecule has 1 amide bonds. The van der Waals surface area contributed by atoms with Crippen LogP contribution in [0, 0.1) is 23.2 Å². The molecule has 4 bridgehead atoms. The summed E-state index contributed by atoms with van der Waals surface area (Å²) >= 11 is 12.0. The molecule has 0 aromatic heterocycles. The predicted octanol–water partition coefficient (Wildman–Crippen LogP) is 4.21. The van der Waals surface area contributed by atoms with Gasteiger partial charge in [0.05, 0.1) is 21.6 Å². The van der Waals surface area contributed by atoms with E-state index in [0.29, 0.717) is 27.8 Å². The highest BCUT2D eigenvalue weighted by Gasteiger charge is 2.57. The molecule has 5 aliphatic rings. The van der Waals surface area contributed by atoms with E-state index in [1.165, 1.54) is 19.3 Å². The maximum atomic E-state index is 13.7. The van der Waals surface area contributed by atoms with Crippen LogP contribution in [0.1, 0.15) is 50.5 Å². The Balaban J connectivity index is 1.29. The van der Waals surface area contributed by atoms with Gasteiger partial charge in [-0.25, -0.2) is 4.79 Å². The van der Waals surface area contributed by atoms with E-state index in [1.54, 1.807) is 23.1 Å². The number of carbonyl (C=O) groups is 2. The van der Waals surface area contributed by atoms with E-state index in [0.717, 1.165) is 24.8 Å². The van der Waals surface area contributed by atoms with Crippen molar-refractivity contribution in [1.29, 1.82) is 0 Å². The molecule has 7 heteroatoms. The van der Waals surface area contributed by atoms with Gasteiger partial charge in [-0.3, -0.25) is 4.79 Å². The van der Waals surface area contributed by atoms with E-state index in [2.05, 4.69) is 0 Å². The van der Waals surface area contributed by atoms with Crippen LogP contribution in [0.5, 0.6) is 0 Å². The normalized spacial score (nSPS) is 36.9. The number of carbonyl (C=O) groups excluding carboxylic acids is 2. The molecule has 0 spiro atoms. The lowest BCUT2D eigenvalue weighted by Gasteiger charge is -2.56. The van der Waals surface area contributed by atoms with E-state index >= 15 is 0 Å². The second-order valence-corrected chi connectivity index (χ2v) is 10.7. The molecule has 0 radical (unpaired) electrons. The van der Waals surface area contributed by atoms with Crippen molar-refractivity contribution in [1.82, 2.24) is 4.90 Å². The summed E-state index contributed by atoms with van der Waals surface area (Å²) in [6.45, 7) is 0.273. The summed E-state index contributed by atoms with van der Waals surface area (Å²) < 4.78 is 5.51. The monoisotopic (exact) mass is 451 g/mol. The quantitative estimate of drug-likeness (QED) is 0.695. The van der Waals surface area contributed by atoms with Crippen LogP contribution in [0.2, 0.25) is 10.0 Å². The Kier molecular flexibility index (Phi) is 5.27. The van der Waals surface area contributed by atoms with Gasteiger partial charge in [0.1, 0.15) is 12.6 Å². The van der Waals surface area contributed by atoms with Crippen molar-refractivity contribution in [3.8, 4) is 0 Å². The van der Waals surface area contributed by atoms with Crippen LogP contribution in [-0.4, -0.2) is 40.6 Å². The van der Waals surface area contributed by atoms with Crippen LogP contribution in [0.4, 0.5) is 0 Å². The summed E-state index contributed by atoms with van der Waals surface area (Å²) in [7, 11) is 0. The number of aliphatic hydroxyl groups excluding tert-OH is 1. The van der Waals surface area contributed by atoms with Gasteiger partial charge in [-0.1, -0.05) is 29.3 Å². The van der Waals surface area contributed by atoms with Crippen molar-refractivity contribution in [2.75, 3.05) is 6.54 Å². The molecule has 1 saturated heterocycles. The first kappa shape index (κ1) is 20.6. The number of amides is 1. The fraction of sp³-hybridized carbons (Fsp3) is 0.652. The fourth-order valence-corrected chi connectivity index (χ4v) is 7.14. The minimum absolute atomic E-state index is 0.0573. The van der Waals surface area contributed by atoms with E-state index < -0.39 is 18.1 Å². The summed E-state index contributed by atoms with van der Waals surface area (Å²) in [4.78, 5) is 28.2. The Labute approximate surface area is 186 Å². The predicted molar refractivity (Wildman–Crippen MR) is 113 cm³/mol. The van der Waals surface area contributed by atoms with Gasteiger partial charge < -0.3 is 14.7 Å². The maximum Gasteiger partial charge on any atom is 0.329 e. The first-order chi connectivity index (χ1) is 14.3. The number of benzene rings is 1. The van der Waals surface area contributed by atoms with Crippen LogP contribution in [0.25, 0.3) is 0 Å². The van der Waals surface area contributed by atoms with Crippen molar-refractivity contribution >= 4 is 35.1 Å². The highest BCUT2D eigenvalue weighted by molar-refractivity contribution is 6.42. The molecule has 4 aliphatic carbocycles. The Morgan fingerprint density at radius 2 is 1.67 bits per heavy atom. The molecule has 2 unspecified atom stereocenters. The number of rotatable bonds is 4. The molecule has 1 N–H and O–H groups in total. The molecule has 1 aromatic rings. The molecule has 1 aliphatic heterocycles. The van der Waals surface area contributed by atoms with Crippen molar-refractivity contribution in [3.63, 3.8) is 0 Å². The number of β-amino-alcohol motifs (C(OH)–C–C–N with tert-alkyl or cyclic N) is 1. The van der Waals surface area contributed by atoms with E-state index in [9.17, 15) is 14.7 Å². The third-order valence-electron chi connectivity index (χ3n) is 7.67. The van der Waals surface area contributed by atoms with Gasteiger partial charge >= 0.3 is 5.97 Å². The van der Waals surface area contributed by atoms with Crippen LogP contribution in [-0.2, 0) is 20.9 Å².